The summed E-state index contributed by atoms with van der Waals surface area (Å²) in [6.45, 7) is 0.376. The summed E-state index contributed by atoms with van der Waals surface area (Å²) in [5, 5.41) is 0. The average molecular weight is 374 g/mol. The minimum absolute atomic E-state index is 0.0188. The Morgan fingerprint density at radius 1 is 1.04 bits per heavy atom. The number of nitrogens with one attached hydrogen (secondary N) is 1. The van der Waals surface area contributed by atoms with Crippen molar-refractivity contribution in [2.75, 3.05) is 6.61 Å². The Hall–Kier alpha value is -2.60. The summed E-state index contributed by atoms with van der Waals surface area (Å²) in [5.74, 6) is -0.409. The number of ether oxygens (including phenoxy) is 2. The molecule has 0 spiro atoms. The van der Waals surface area contributed by atoms with E-state index in [1.54, 1.807) is 0 Å². The fourth-order valence-corrected chi connectivity index (χ4v) is 5.60. The molecule has 0 saturated carbocycles. The zero-order valence-corrected chi connectivity index (χ0v) is 15.2. The molecule has 1 unspecified atom stereocenters. The van der Waals surface area contributed by atoms with Crippen LogP contribution in [-0.4, -0.2) is 36.6 Å². The summed E-state index contributed by atoms with van der Waals surface area (Å²) in [4.78, 5) is 27.9. The van der Waals surface area contributed by atoms with Crippen LogP contribution < -0.4 is 4.90 Å². The number of quaternary nitrogens is 1. The number of Topliss-reactive ketones (excluding diaryl/α,β-unsaturated/α-hetero) is 2. The van der Waals surface area contributed by atoms with Gasteiger partial charge in [0.1, 0.15) is 6.04 Å². The second kappa shape index (κ2) is 5.95. The lowest BCUT2D eigenvalue weighted by atomic mass is 9.75. The molecule has 2 aromatic rings. The van der Waals surface area contributed by atoms with E-state index >= 15 is 0 Å². The highest BCUT2D eigenvalue weighted by Gasteiger charge is 2.67. The number of fused-ring (bicyclic) bond motifs is 8. The maximum Gasteiger partial charge on any atom is 0.220 e. The number of benzene rings is 2. The summed E-state index contributed by atoms with van der Waals surface area (Å²) in [7, 11) is 0. The first-order chi connectivity index (χ1) is 13.7. The van der Waals surface area contributed by atoms with Crippen molar-refractivity contribution < 1.29 is 24.0 Å². The van der Waals surface area contributed by atoms with Crippen molar-refractivity contribution in [2.24, 2.45) is 11.8 Å². The van der Waals surface area contributed by atoms with Gasteiger partial charge in [-0.2, -0.15) is 0 Å². The van der Waals surface area contributed by atoms with Crippen LogP contribution in [0, 0.1) is 11.8 Å². The molecule has 3 saturated heterocycles. The first-order valence-electron chi connectivity index (χ1n) is 9.78. The molecule has 5 heteroatoms. The molecule has 1 N–H and O–H groups in total. The standard InChI is InChI=1S/C23H19NO4/c25-21(14-7-2-1-3-8-14)20-17-16-12-27-23(28-16)22(26)18(17)19-15-9-5-4-6-13(15)10-11-24(19)20/h1-11,16-20,23H,12H2/p+1/t16-,17+,18-,19+,20-,23-/m1/s1. The molecule has 28 heavy (non-hydrogen) atoms. The molecule has 7 atom stereocenters. The van der Waals surface area contributed by atoms with Crippen LogP contribution in [0.1, 0.15) is 27.5 Å². The first kappa shape index (κ1) is 16.4. The van der Waals surface area contributed by atoms with E-state index in [0.29, 0.717) is 12.2 Å². The van der Waals surface area contributed by atoms with Gasteiger partial charge in [0, 0.05) is 11.1 Å². The van der Waals surface area contributed by atoms with Gasteiger partial charge in [0.2, 0.25) is 12.1 Å². The summed E-state index contributed by atoms with van der Waals surface area (Å²) in [6, 6.07) is 17.1. The Kier molecular flexibility index (Phi) is 3.48. The zero-order valence-electron chi connectivity index (χ0n) is 15.2. The van der Waals surface area contributed by atoms with Crippen molar-refractivity contribution in [1.29, 1.82) is 0 Å². The number of rotatable bonds is 2. The molecular formula is C23H20NO4+. The Labute approximate surface area is 162 Å². The zero-order chi connectivity index (χ0) is 18.8. The van der Waals surface area contributed by atoms with Crippen LogP contribution in [0.4, 0.5) is 0 Å². The Bertz CT molecular complexity index is 1000. The number of hydrogen-bond donors (Lipinski definition) is 1. The van der Waals surface area contributed by atoms with E-state index < -0.39 is 6.29 Å². The fraction of sp³-hybridized carbons (Fsp3) is 0.304. The van der Waals surface area contributed by atoms with Gasteiger partial charge in [0.15, 0.2) is 11.8 Å². The van der Waals surface area contributed by atoms with Crippen LogP contribution in [0.3, 0.4) is 0 Å². The minimum Gasteiger partial charge on any atom is -0.343 e. The van der Waals surface area contributed by atoms with Crippen LogP contribution >= 0.6 is 0 Å². The molecule has 2 bridgehead atoms. The lowest BCUT2D eigenvalue weighted by Gasteiger charge is -2.30. The quantitative estimate of drug-likeness (QED) is 0.808. The van der Waals surface area contributed by atoms with Crippen LogP contribution in [0.15, 0.2) is 60.8 Å². The number of carbonyl (C=O) groups excluding carboxylic acids is 2. The predicted molar refractivity (Wildman–Crippen MR) is 100 cm³/mol. The molecule has 0 aromatic heterocycles. The second-order valence-electron chi connectivity index (χ2n) is 7.99. The van der Waals surface area contributed by atoms with Crippen molar-refractivity contribution in [1.82, 2.24) is 0 Å². The second-order valence-corrected chi connectivity index (χ2v) is 7.99. The van der Waals surface area contributed by atoms with Gasteiger partial charge in [-0.15, -0.1) is 0 Å². The average Bonchev–Trinajstić information content (AvgIpc) is 3.33. The third kappa shape index (κ3) is 2.12. The van der Waals surface area contributed by atoms with Crippen molar-refractivity contribution >= 4 is 17.6 Å². The minimum atomic E-state index is -0.781. The molecule has 0 radical (unpaired) electrons. The molecule has 4 heterocycles. The van der Waals surface area contributed by atoms with Gasteiger partial charge in [0.25, 0.3) is 0 Å². The highest BCUT2D eigenvalue weighted by Crippen LogP contribution is 2.46. The van der Waals surface area contributed by atoms with Crippen LogP contribution in [0.25, 0.3) is 6.08 Å². The Morgan fingerprint density at radius 3 is 2.68 bits per heavy atom. The van der Waals surface area contributed by atoms with E-state index in [2.05, 4.69) is 24.4 Å². The van der Waals surface area contributed by atoms with Gasteiger partial charge < -0.3 is 9.47 Å². The third-order valence-electron chi connectivity index (χ3n) is 6.70. The highest BCUT2D eigenvalue weighted by molar-refractivity contribution is 6.01. The molecule has 0 aliphatic carbocycles. The highest BCUT2D eigenvalue weighted by atomic mass is 16.7. The molecule has 3 fully saturated rings. The number of hydrogen-bond acceptors (Lipinski definition) is 4. The summed E-state index contributed by atoms with van der Waals surface area (Å²) in [5.41, 5.74) is 2.93. The van der Waals surface area contributed by atoms with Crippen molar-refractivity contribution in [2.45, 2.75) is 24.5 Å². The van der Waals surface area contributed by atoms with Crippen molar-refractivity contribution in [3.05, 3.63) is 77.5 Å². The SMILES string of the molecule is O=C1[C@@H]2OC[C@@H](O2)[C@H]2[C@@H]1[C@@H]1c3ccccc3C=C[NH+]1[C@H]2C(=O)c1ccccc1. The van der Waals surface area contributed by atoms with Crippen molar-refractivity contribution in [3.8, 4) is 0 Å². The van der Waals surface area contributed by atoms with Gasteiger partial charge in [-0.05, 0) is 11.6 Å². The molecule has 140 valence electrons. The molecule has 2 aromatic carbocycles. The van der Waals surface area contributed by atoms with E-state index in [9.17, 15) is 9.59 Å². The van der Waals surface area contributed by atoms with Gasteiger partial charge >= 0.3 is 0 Å². The van der Waals surface area contributed by atoms with Gasteiger partial charge in [0.05, 0.1) is 30.7 Å². The van der Waals surface area contributed by atoms with Crippen LogP contribution in [0.5, 0.6) is 0 Å². The summed E-state index contributed by atoms with van der Waals surface area (Å²) < 4.78 is 11.5. The van der Waals surface area contributed by atoms with Crippen LogP contribution in [0.2, 0.25) is 0 Å². The topological polar surface area (TPSA) is 57.0 Å². The largest absolute Gasteiger partial charge is 0.343 e. The summed E-state index contributed by atoms with van der Waals surface area (Å²) >= 11 is 0. The van der Waals surface area contributed by atoms with E-state index in [0.717, 1.165) is 16.0 Å². The molecule has 4 aliphatic rings. The van der Waals surface area contributed by atoms with E-state index in [1.807, 2.05) is 42.5 Å². The lowest BCUT2D eigenvalue weighted by Crippen LogP contribution is -3.11. The third-order valence-corrected chi connectivity index (χ3v) is 6.70. The van der Waals surface area contributed by atoms with Gasteiger partial charge in [-0.1, -0.05) is 54.6 Å². The maximum absolute atomic E-state index is 13.6. The number of ketones is 2. The normalized spacial score (nSPS) is 37.3. The monoisotopic (exact) mass is 374 g/mol. The maximum atomic E-state index is 13.6. The molecule has 5 nitrogen and oxygen atoms in total. The van der Waals surface area contributed by atoms with E-state index in [4.69, 9.17) is 9.47 Å². The molecule has 4 aliphatic heterocycles. The summed E-state index contributed by atoms with van der Waals surface area (Å²) in [6.07, 6.45) is 3.14. The number of carbonyl (C=O) groups is 2. The van der Waals surface area contributed by atoms with E-state index in [1.165, 1.54) is 0 Å². The predicted octanol–water partition coefficient (Wildman–Crippen LogP) is 1.42. The fourth-order valence-electron chi connectivity index (χ4n) is 5.60. The van der Waals surface area contributed by atoms with Gasteiger partial charge in [-0.25, -0.2) is 0 Å². The van der Waals surface area contributed by atoms with Gasteiger partial charge in [-0.3, -0.25) is 14.5 Å². The molecule has 6 rings (SSSR count). The Morgan fingerprint density at radius 2 is 1.82 bits per heavy atom. The Balaban J connectivity index is 1.52. The first-order valence-corrected chi connectivity index (χ1v) is 9.78. The lowest BCUT2D eigenvalue weighted by molar-refractivity contribution is -0.884. The van der Waals surface area contributed by atoms with Crippen LogP contribution in [-0.2, 0) is 14.3 Å². The smallest absolute Gasteiger partial charge is 0.220 e. The molecule has 0 amide bonds. The van der Waals surface area contributed by atoms with Crippen molar-refractivity contribution in [3.63, 3.8) is 0 Å². The van der Waals surface area contributed by atoms with E-state index in [-0.39, 0.29) is 41.6 Å². The molecular weight excluding hydrogens is 354 g/mol.